The molecule has 1 aliphatic carbocycles. The summed E-state index contributed by atoms with van der Waals surface area (Å²) in [6.45, 7) is 2.64. The monoisotopic (exact) mass is 315 g/mol. The third-order valence-corrected chi connectivity index (χ3v) is 4.22. The summed E-state index contributed by atoms with van der Waals surface area (Å²) in [6, 6.07) is 7.09. The van der Waals surface area contributed by atoms with E-state index in [1.54, 1.807) is 12.3 Å². The Kier molecular flexibility index (Phi) is 5.18. The summed E-state index contributed by atoms with van der Waals surface area (Å²) >= 11 is 0. The Hall–Kier alpha value is -2.01. The highest BCUT2D eigenvalue weighted by Crippen LogP contribution is 2.25. The zero-order chi connectivity index (χ0) is 16.1. The molecule has 4 nitrogen and oxygen atoms in total. The van der Waals surface area contributed by atoms with E-state index in [0.29, 0.717) is 18.5 Å². The van der Waals surface area contributed by atoms with Crippen LogP contribution in [0.5, 0.6) is 5.88 Å². The van der Waals surface area contributed by atoms with Crippen molar-refractivity contribution < 1.29 is 9.13 Å². The third kappa shape index (κ3) is 4.26. The molecule has 1 aliphatic rings. The molecule has 1 atom stereocenters. The first kappa shape index (κ1) is 15.9. The lowest BCUT2D eigenvalue weighted by Crippen LogP contribution is -2.21. The van der Waals surface area contributed by atoms with Gasteiger partial charge in [0.15, 0.2) is 0 Å². The Morgan fingerprint density at radius 3 is 2.83 bits per heavy atom. The summed E-state index contributed by atoms with van der Waals surface area (Å²) in [5.41, 5.74) is 1.85. The third-order valence-electron chi connectivity index (χ3n) is 4.22. The minimum atomic E-state index is -0.319. The van der Waals surface area contributed by atoms with Crippen LogP contribution in [0.1, 0.15) is 49.9 Å². The molecule has 1 fully saturated rings. The zero-order valence-corrected chi connectivity index (χ0v) is 13.3. The molecule has 3 rings (SSSR count). The average molecular weight is 315 g/mol. The number of pyridine rings is 2. The minimum Gasteiger partial charge on any atom is -0.474 e. The van der Waals surface area contributed by atoms with Crippen molar-refractivity contribution in [2.24, 2.45) is 0 Å². The predicted molar refractivity (Wildman–Crippen MR) is 86.6 cm³/mol. The summed E-state index contributed by atoms with van der Waals surface area (Å²) in [6.07, 6.45) is 7.99. The topological polar surface area (TPSA) is 47.0 Å². The van der Waals surface area contributed by atoms with E-state index in [-0.39, 0.29) is 11.9 Å². The van der Waals surface area contributed by atoms with Gasteiger partial charge in [-0.3, -0.25) is 4.98 Å². The molecule has 0 bridgehead atoms. The number of hydrogen-bond donors (Lipinski definition) is 1. The fourth-order valence-electron chi connectivity index (χ4n) is 2.84. The Bertz CT molecular complexity index is 626. The Balaban J connectivity index is 1.62. The van der Waals surface area contributed by atoms with Crippen LogP contribution in [0.15, 0.2) is 36.7 Å². The Morgan fingerprint density at radius 1 is 1.26 bits per heavy atom. The highest BCUT2D eigenvalue weighted by atomic mass is 19.1. The maximum Gasteiger partial charge on any atom is 0.218 e. The molecule has 2 aromatic heterocycles. The molecule has 1 unspecified atom stereocenters. The van der Waals surface area contributed by atoms with Crippen molar-refractivity contribution in [1.82, 2.24) is 15.3 Å². The Labute approximate surface area is 136 Å². The van der Waals surface area contributed by atoms with Gasteiger partial charge in [-0.25, -0.2) is 9.37 Å². The SMILES string of the molecule is CC(NCc1cccnc1OC1CCCC1)c1ccc(F)cn1. The van der Waals surface area contributed by atoms with E-state index in [9.17, 15) is 4.39 Å². The number of ether oxygens (including phenoxy) is 1. The number of hydrogen-bond acceptors (Lipinski definition) is 4. The standard InChI is InChI=1S/C18H22FN3O/c1-13(17-9-8-15(19)12-22-17)21-11-14-5-4-10-20-18(14)23-16-6-2-3-7-16/h4-5,8-10,12-13,16,21H,2-3,6-7,11H2,1H3. The molecular weight excluding hydrogens is 293 g/mol. The molecule has 0 radical (unpaired) electrons. The second-order valence-corrected chi connectivity index (χ2v) is 6.00. The van der Waals surface area contributed by atoms with Crippen LogP contribution in [0.25, 0.3) is 0 Å². The van der Waals surface area contributed by atoms with Crippen molar-refractivity contribution >= 4 is 0 Å². The van der Waals surface area contributed by atoms with Crippen LogP contribution in [0.3, 0.4) is 0 Å². The lowest BCUT2D eigenvalue weighted by molar-refractivity contribution is 0.198. The summed E-state index contributed by atoms with van der Waals surface area (Å²) in [5, 5.41) is 3.40. The fraction of sp³-hybridized carbons (Fsp3) is 0.444. The van der Waals surface area contributed by atoms with Crippen LogP contribution in [0.2, 0.25) is 0 Å². The smallest absolute Gasteiger partial charge is 0.218 e. The van der Waals surface area contributed by atoms with Crippen molar-refractivity contribution in [3.8, 4) is 5.88 Å². The van der Waals surface area contributed by atoms with Crippen LogP contribution in [0, 0.1) is 5.82 Å². The highest BCUT2D eigenvalue weighted by molar-refractivity contribution is 5.26. The van der Waals surface area contributed by atoms with Crippen LogP contribution in [-0.2, 0) is 6.54 Å². The summed E-state index contributed by atoms with van der Waals surface area (Å²) in [4.78, 5) is 8.49. The number of nitrogens with one attached hydrogen (secondary N) is 1. The van der Waals surface area contributed by atoms with Crippen molar-refractivity contribution in [2.75, 3.05) is 0 Å². The molecule has 122 valence electrons. The first-order chi connectivity index (χ1) is 11.2. The number of halogens is 1. The maximum absolute atomic E-state index is 12.9. The quantitative estimate of drug-likeness (QED) is 0.881. The summed E-state index contributed by atoms with van der Waals surface area (Å²) in [5.74, 6) is 0.395. The van der Waals surface area contributed by atoms with E-state index in [4.69, 9.17) is 4.74 Å². The van der Waals surface area contributed by atoms with Crippen molar-refractivity contribution in [3.05, 3.63) is 53.7 Å². The van der Waals surface area contributed by atoms with Gasteiger partial charge in [0, 0.05) is 24.3 Å². The molecule has 1 saturated carbocycles. The number of nitrogens with zero attached hydrogens (tertiary/aromatic N) is 2. The van der Waals surface area contributed by atoms with E-state index in [2.05, 4.69) is 15.3 Å². The molecule has 0 amide bonds. The average Bonchev–Trinajstić information content (AvgIpc) is 3.07. The van der Waals surface area contributed by atoms with E-state index < -0.39 is 0 Å². The summed E-state index contributed by atoms with van der Waals surface area (Å²) < 4.78 is 19.0. The number of rotatable bonds is 6. The molecule has 0 aliphatic heterocycles. The molecule has 2 aromatic rings. The van der Waals surface area contributed by atoms with Crippen molar-refractivity contribution in [1.29, 1.82) is 0 Å². The highest BCUT2D eigenvalue weighted by Gasteiger charge is 2.18. The van der Waals surface area contributed by atoms with Gasteiger partial charge in [-0.05, 0) is 50.8 Å². The van der Waals surface area contributed by atoms with Gasteiger partial charge in [0.1, 0.15) is 11.9 Å². The molecule has 2 heterocycles. The number of aromatic nitrogens is 2. The normalized spacial score (nSPS) is 16.4. The van der Waals surface area contributed by atoms with E-state index in [0.717, 1.165) is 24.1 Å². The van der Waals surface area contributed by atoms with Crippen LogP contribution in [-0.4, -0.2) is 16.1 Å². The van der Waals surface area contributed by atoms with E-state index >= 15 is 0 Å². The lowest BCUT2D eigenvalue weighted by atomic mass is 10.2. The molecule has 23 heavy (non-hydrogen) atoms. The van der Waals surface area contributed by atoms with E-state index in [1.165, 1.54) is 25.1 Å². The molecule has 0 spiro atoms. The second kappa shape index (κ2) is 7.51. The van der Waals surface area contributed by atoms with Gasteiger partial charge < -0.3 is 10.1 Å². The largest absolute Gasteiger partial charge is 0.474 e. The van der Waals surface area contributed by atoms with Gasteiger partial charge in [0.2, 0.25) is 5.88 Å². The van der Waals surface area contributed by atoms with Gasteiger partial charge in [0.05, 0.1) is 11.9 Å². The Morgan fingerprint density at radius 2 is 2.09 bits per heavy atom. The first-order valence-corrected chi connectivity index (χ1v) is 8.18. The van der Waals surface area contributed by atoms with Gasteiger partial charge in [0.25, 0.3) is 0 Å². The van der Waals surface area contributed by atoms with Gasteiger partial charge >= 0.3 is 0 Å². The van der Waals surface area contributed by atoms with Gasteiger partial charge in [-0.15, -0.1) is 0 Å². The molecule has 1 N–H and O–H groups in total. The van der Waals surface area contributed by atoms with Crippen LogP contribution >= 0.6 is 0 Å². The van der Waals surface area contributed by atoms with Gasteiger partial charge in [-0.2, -0.15) is 0 Å². The lowest BCUT2D eigenvalue weighted by Gasteiger charge is -2.17. The summed E-state index contributed by atoms with van der Waals surface area (Å²) in [7, 11) is 0. The molecule has 0 aromatic carbocycles. The molecule has 5 heteroatoms. The van der Waals surface area contributed by atoms with Gasteiger partial charge in [-0.1, -0.05) is 6.07 Å². The molecular formula is C18H22FN3O. The predicted octanol–water partition coefficient (Wildman–Crippen LogP) is 3.79. The maximum atomic E-state index is 12.9. The van der Waals surface area contributed by atoms with E-state index in [1.807, 2.05) is 19.1 Å². The van der Waals surface area contributed by atoms with Crippen LogP contribution in [0.4, 0.5) is 4.39 Å². The first-order valence-electron chi connectivity index (χ1n) is 8.18. The molecule has 0 saturated heterocycles. The minimum absolute atomic E-state index is 0.0233. The second-order valence-electron chi connectivity index (χ2n) is 6.00. The fourth-order valence-corrected chi connectivity index (χ4v) is 2.84. The van der Waals surface area contributed by atoms with Crippen LogP contribution < -0.4 is 10.1 Å². The van der Waals surface area contributed by atoms with Crippen molar-refractivity contribution in [3.63, 3.8) is 0 Å². The van der Waals surface area contributed by atoms with Crippen molar-refractivity contribution in [2.45, 2.75) is 51.3 Å². The zero-order valence-electron chi connectivity index (χ0n) is 13.3.